The first-order chi connectivity index (χ1) is 13.0. The van der Waals surface area contributed by atoms with Crippen LogP contribution in [0.25, 0.3) is 0 Å². The van der Waals surface area contributed by atoms with Gasteiger partial charge < -0.3 is 14.7 Å². The smallest absolute Gasteiger partial charge is 0.335 e. The van der Waals surface area contributed by atoms with Gasteiger partial charge >= 0.3 is 5.97 Å². The molecule has 27 heavy (non-hydrogen) atoms. The van der Waals surface area contributed by atoms with Crippen molar-refractivity contribution in [1.82, 2.24) is 4.90 Å². The Morgan fingerprint density at radius 1 is 1.11 bits per heavy atom. The highest BCUT2D eigenvalue weighted by atomic mass is 35.5. The minimum Gasteiger partial charge on any atom is -0.478 e. The van der Waals surface area contributed by atoms with Crippen LogP contribution >= 0.6 is 11.6 Å². The van der Waals surface area contributed by atoms with Gasteiger partial charge in [0, 0.05) is 13.1 Å². The molecule has 2 aliphatic heterocycles. The fourth-order valence-corrected chi connectivity index (χ4v) is 4.29. The third-order valence-electron chi connectivity index (χ3n) is 5.56. The van der Waals surface area contributed by atoms with Gasteiger partial charge in [-0.1, -0.05) is 35.9 Å². The molecule has 1 fully saturated rings. The van der Waals surface area contributed by atoms with Gasteiger partial charge in [0.05, 0.1) is 28.4 Å². The van der Waals surface area contributed by atoms with Crippen LogP contribution in [-0.2, 0) is 16.8 Å². The molecule has 6 heteroatoms. The monoisotopic (exact) mass is 385 g/mol. The highest BCUT2D eigenvalue weighted by molar-refractivity contribution is 6.34. The summed E-state index contributed by atoms with van der Waals surface area (Å²) in [6.45, 7) is 1.78. The number of aromatic carboxylic acids is 1. The van der Waals surface area contributed by atoms with Crippen molar-refractivity contribution in [2.24, 2.45) is 0 Å². The van der Waals surface area contributed by atoms with Crippen molar-refractivity contribution in [2.45, 2.75) is 24.9 Å². The molecule has 0 bridgehead atoms. The zero-order chi connectivity index (χ0) is 19.0. The lowest BCUT2D eigenvalue weighted by Crippen LogP contribution is -2.48. The first-order valence-corrected chi connectivity index (χ1v) is 9.42. The van der Waals surface area contributed by atoms with Crippen LogP contribution in [0.2, 0.25) is 5.02 Å². The van der Waals surface area contributed by atoms with Crippen LogP contribution in [0.4, 0.5) is 0 Å². The minimum atomic E-state index is -1.08. The summed E-state index contributed by atoms with van der Waals surface area (Å²) in [5.74, 6) is -1.31. The Balaban J connectivity index is 1.55. The minimum absolute atomic E-state index is 0.0563. The van der Waals surface area contributed by atoms with Gasteiger partial charge in [0.1, 0.15) is 0 Å². The van der Waals surface area contributed by atoms with Gasteiger partial charge in [-0.2, -0.15) is 0 Å². The molecule has 2 heterocycles. The van der Waals surface area contributed by atoms with Crippen LogP contribution in [0.1, 0.15) is 44.7 Å². The number of carboxylic acid groups (broad SMARTS) is 1. The molecule has 0 unspecified atom stereocenters. The number of ether oxygens (including phenoxy) is 1. The quantitative estimate of drug-likeness (QED) is 0.855. The highest BCUT2D eigenvalue weighted by Crippen LogP contribution is 2.41. The number of carbonyl (C=O) groups is 2. The van der Waals surface area contributed by atoms with E-state index in [9.17, 15) is 9.59 Å². The number of carbonyl (C=O) groups excluding carboxylic acids is 1. The number of nitrogens with zero attached hydrogens (tertiary/aromatic N) is 1. The molecule has 140 valence electrons. The van der Waals surface area contributed by atoms with E-state index in [4.69, 9.17) is 21.4 Å². The zero-order valence-electron chi connectivity index (χ0n) is 14.8. The topological polar surface area (TPSA) is 66.8 Å². The molecule has 1 N–H and O–H groups in total. The largest absolute Gasteiger partial charge is 0.478 e. The highest BCUT2D eigenvalue weighted by Gasteiger charge is 2.41. The van der Waals surface area contributed by atoms with Gasteiger partial charge in [-0.05, 0) is 48.6 Å². The second-order valence-electron chi connectivity index (χ2n) is 7.04. The maximum atomic E-state index is 12.9. The molecule has 2 aromatic rings. The van der Waals surface area contributed by atoms with E-state index in [-0.39, 0.29) is 27.7 Å². The standard InChI is InChI=1S/C21H20ClNO4/c22-18-6-5-15(20(25)26)13-16(18)19(24)23-10-8-21(9-11-23)17-4-2-1-3-14(17)7-12-27-21/h1-6,13H,7-12H2,(H,25,26). The van der Waals surface area contributed by atoms with E-state index < -0.39 is 5.97 Å². The molecular weight excluding hydrogens is 366 g/mol. The Kier molecular flexibility index (Phi) is 4.66. The number of rotatable bonds is 2. The summed E-state index contributed by atoms with van der Waals surface area (Å²) in [6.07, 6.45) is 2.34. The van der Waals surface area contributed by atoms with Crippen LogP contribution in [-0.4, -0.2) is 41.6 Å². The van der Waals surface area contributed by atoms with E-state index >= 15 is 0 Å². The van der Waals surface area contributed by atoms with Crippen molar-refractivity contribution in [3.63, 3.8) is 0 Å². The fourth-order valence-electron chi connectivity index (χ4n) is 4.09. The molecule has 0 atom stereocenters. The third-order valence-corrected chi connectivity index (χ3v) is 5.89. The summed E-state index contributed by atoms with van der Waals surface area (Å²) < 4.78 is 6.20. The normalized spacial score (nSPS) is 18.2. The Labute approximate surface area is 162 Å². The van der Waals surface area contributed by atoms with Gasteiger partial charge in [-0.15, -0.1) is 0 Å². The van der Waals surface area contributed by atoms with Crippen molar-refractivity contribution in [3.8, 4) is 0 Å². The van der Waals surface area contributed by atoms with Gasteiger partial charge in [-0.3, -0.25) is 4.79 Å². The van der Waals surface area contributed by atoms with Crippen LogP contribution < -0.4 is 0 Å². The van der Waals surface area contributed by atoms with Crippen molar-refractivity contribution in [2.75, 3.05) is 19.7 Å². The van der Waals surface area contributed by atoms with Crippen molar-refractivity contribution >= 4 is 23.5 Å². The molecule has 0 aromatic heterocycles. The van der Waals surface area contributed by atoms with Crippen LogP contribution in [0.15, 0.2) is 42.5 Å². The first-order valence-electron chi connectivity index (χ1n) is 9.05. The number of carboxylic acids is 1. The van der Waals surface area contributed by atoms with Crippen molar-refractivity contribution in [1.29, 1.82) is 0 Å². The van der Waals surface area contributed by atoms with Gasteiger partial charge in [0.2, 0.25) is 0 Å². The van der Waals surface area contributed by atoms with Crippen molar-refractivity contribution < 1.29 is 19.4 Å². The molecule has 1 saturated heterocycles. The Hall–Kier alpha value is -2.37. The van der Waals surface area contributed by atoms with E-state index in [1.54, 1.807) is 4.90 Å². The lowest BCUT2D eigenvalue weighted by atomic mass is 9.79. The predicted molar refractivity (Wildman–Crippen MR) is 101 cm³/mol. The number of hydrogen-bond acceptors (Lipinski definition) is 3. The summed E-state index contributed by atoms with van der Waals surface area (Å²) in [5.41, 5.74) is 2.51. The number of halogens is 1. The molecule has 2 aromatic carbocycles. The Bertz CT molecular complexity index is 903. The molecule has 1 amide bonds. The molecule has 4 rings (SSSR count). The molecule has 1 spiro atoms. The summed E-state index contributed by atoms with van der Waals surface area (Å²) in [6, 6.07) is 12.6. The average Bonchev–Trinajstić information content (AvgIpc) is 2.69. The second-order valence-corrected chi connectivity index (χ2v) is 7.45. The van der Waals surface area contributed by atoms with Crippen LogP contribution in [0.5, 0.6) is 0 Å². The molecule has 0 aliphatic carbocycles. The zero-order valence-corrected chi connectivity index (χ0v) is 15.5. The molecule has 2 aliphatic rings. The van der Waals surface area contributed by atoms with E-state index in [2.05, 4.69) is 12.1 Å². The van der Waals surface area contributed by atoms with Gasteiger partial charge in [0.25, 0.3) is 5.91 Å². The SMILES string of the molecule is O=C(O)c1ccc(Cl)c(C(=O)N2CCC3(CC2)OCCc2ccccc23)c1. The average molecular weight is 386 g/mol. The number of amides is 1. The second kappa shape index (κ2) is 6.98. The number of piperidine rings is 1. The summed E-state index contributed by atoms with van der Waals surface area (Å²) in [4.78, 5) is 25.9. The number of fused-ring (bicyclic) bond motifs is 2. The number of benzene rings is 2. The number of hydrogen-bond donors (Lipinski definition) is 1. The van der Waals surface area contributed by atoms with Gasteiger partial charge in [-0.25, -0.2) is 4.79 Å². The maximum Gasteiger partial charge on any atom is 0.335 e. The Morgan fingerprint density at radius 3 is 2.59 bits per heavy atom. The maximum absolute atomic E-state index is 12.9. The molecule has 5 nitrogen and oxygen atoms in total. The van der Waals surface area contributed by atoms with Gasteiger partial charge in [0.15, 0.2) is 0 Å². The third kappa shape index (κ3) is 3.22. The molecule has 0 radical (unpaired) electrons. The molecule has 0 saturated carbocycles. The number of likely N-dealkylation sites (tertiary alicyclic amines) is 1. The van der Waals surface area contributed by atoms with E-state index in [1.807, 2.05) is 12.1 Å². The predicted octanol–water partition coefficient (Wildman–Crippen LogP) is 3.74. The first kappa shape index (κ1) is 18.0. The fraction of sp³-hybridized carbons (Fsp3) is 0.333. The van der Waals surface area contributed by atoms with Crippen molar-refractivity contribution in [3.05, 3.63) is 69.7 Å². The van der Waals surface area contributed by atoms with E-state index in [0.717, 1.165) is 6.42 Å². The summed E-state index contributed by atoms with van der Waals surface area (Å²) in [5, 5.41) is 9.43. The van der Waals surface area contributed by atoms with E-state index in [0.29, 0.717) is 32.5 Å². The summed E-state index contributed by atoms with van der Waals surface area (Å²) >= 11 is 6.16. The Morgan fingerprint density at radius 2 is 1.85 bits per heavy atom. The van der Waals surface area contributed by atoms with Crippen LogP contribution in [0.3, 0.4) is 0 Å². The lowest BCUT2D eigenvalue weighted by Gasteiger charge is -2.45. The lowest BCUT2D eigenvalue weighted by molar-refractivity contribution is -0.0935. The van der Waals surface area contributed by atoms with E-state index in [1.165, 1.54) is 29.3 Å². The van der Waals surface area contributed by atoms with Crippen LogP contribution in [0, 0.1) is 0 Å². The molecular formula is C21H20ClNO4. The summed E-state index contributed by atoms with van der Waals surface area (Å²) in [7, 11) is 0.